The maximum Gasteiger partial charge on any atom is 0.101 e. The first-order valence-corrected chi connectivity index (χ1v) is 6.71. The predicted molar refractivity (Wildman–Crippen MR) is 60.8 cm³/mol. The largest absolute Gasteiger partial charge is 0.334 e. The van der Waals surface area contributed by atoms with Gasteiger partial charge in [-0.3, -0.25) is 0 Å². The van der Waals surface area contributed by atoms with Crippen LogP contribution in [0.1, 0.15) is 45.4 Å². The summed E-state index contributed by atoms with van der Waals surface area (Å²) in [5, 5.41) is 0. The molecule has 0 aromatic heterocycles. The second-order valence-electron chi connectivity index (χ2n) is 5.79. The Morgan fingerprint density at radius 3 is 2.80 bits per heavy atom. The lowest BCUT2D eigenvalue weighted by atomic mass is 9.87. The molecule has 1 aliphatic heterocycles. The molecule has 0 amide bonds. The number of alkyl halides is 1. The van der Waals surface area contributed by atoms with Crippen LogP contribution >= 0.6 is 0 Å². The molecule has 2 aliphatic rings. The molecule has 4 unspecified atom stereocenters. The van der Waals surface area contributed by atoms with E-state index >= 15 is 0 Å². The topological polar surface area (TPSA) is 4.44 Å². The molecule has 0 aromatic carbocycles. The van der Waals surface area contributed by atoms with Gasteiger partial charge in [0.1, 0.15) is 6.17 Å². The Morgan fingerprint density at radius 2 is 2.07 bits per heavy atom. The fraction of sp³-hybridized carbons (Fsp3) is 1.00. The number of likely N-dealkylation sites (tertiary alicyclic amines) is 1. The molecule has 88 valence electrons. The molecule has 2 heteroatoms. The van der Waals surface area contributed by atoms with Crippen molar-refractivity contribution in [3.05, 3.63) is 0 Å². The van der Waals surface area contributed by atoms with Gasteiger partial charge in [-0.1, -0.05) is 13.3 Å². The Hall–Kier alpha value is -0.110. The molecule has 0 spiro atoms. The van der Waals surface area contributed by atoms with Crippen LogP contribution in [-0.4, -0.2) is 25.8 Å². The minimum atomic E-state index is -0.495. The van der Waals surface area contributed by atoms with E-state index in [9.17, 15) is 4.39 Å². The average Bonchev–Trinajstić information content (AvgIpc) is 2.17. The maximum atomic E-state index is 13.3. The Kier molecular flexibility index (Phi) is 4.01. The number of halogens is 1. The molecule has 0 radical (unpaired) electrons. The van der Waals surface area contributed by atoms with Crippen LogP contribution in [0.5, 0.6) is 0 Å². The van der Waals surface area contributed by atoms with E-state index in [2.05, 4.69) is 6.92 Å². The summed E-state index contributed by atoms with van der Waals surface area (Å²) in [5.74, 6) is 1.56. The van der Waals surface area contributed by atoms with Crippen molar-refractivity contribution in [2.24, 2.45) is 11.8 Å². The van der Waals surface area contributed by atoms with Crippen LogP contribution in [0.2, 0.25) is 0 Å². The highest BCUT2D eigenvalue weighted by Crippen LogP contribution is 2.25. The van der Waals surface area contributed by atoms with Crippen molar-refractivity contribution >= 4 is 0 Å². The summed E-state index contributed by atoms with van der Waals surface area (Å²) in [6, 6.07) is 0. The summed E-state index contributed by atoms with van der Waals surface area (Å²) in [4.78, 5) is 1.74. The number of hydrogen-bond donors (Lipinski definition) is 1. The fourth-order valence-electron chi connectivity index (χ4n) is 3.40. The van der Waals surface area contributed by atoms with Gasteiger partial charge in [0.05, 0.1) is 19.6 Å². The SMILES string of the molecule is CC1CCC[NH+](CC2CCCC(F)C2)C1. The van der Waals surface area contributed by atoms with Crippen LogP contribution in [-0.2, 0) is 0 Å². The van der Waals surface area contributed by atoms with Crippen LogP contribution in [0.25, 0.3) is 0 Å². The third-order valence-corrected chi connectivity index (χ3v) is 4.16. The van der Waals surface area contributed by atoms with Crippen LogP contribution < -0.4 is 4.90 Å². The molecule has 0 aromatic rings. The van der Waals surface area contributed by atoms with Gasteiger partial charge in [0.25, 0.3) is 0 Å². The smallest absolute Gasteiger partial charge is 0.101 e. The first kappa shape index (κ1) is 11.4. The van der Waals surface area contributed by atoms with Crippen molar-refractivity contribution in [3.63, 3.8) is 0 Å². The molecule has 2 fully saturated rings. The first-order chi connectivity index (χ1) is 7.24. The highest BCUT2D eigenvalue weighted by atomic mass is 19.1. The second kappa shape index (κ2) is 5.29. The molecule has 2 rings (SSSR count). The minimum Gasteiger partial charge on any atom is -0.334 e. The summed E-state index contributed by atoms with van der Waals surface area (Å²) < 4.78 is 13.3. The Balaban J connectivity index is 1.75. The van der Waals surface area contributed by atoms with Crippen LogP contribution in [0, 0.1) is 11.8 Å². The number of nitrogens with one attached hydrogen (secondary N) is 1. The summed E-state index contributed by atoms with van der Waals surface area (Å²) in [6.45, 7) is 6.26. The van der Waals surface area contributed by atoms with Gasteiger partial charge in [0, 0.05) is 11.8 Å². The van der Waals surface area contributed by atoms with Crippen LogP contribution in [0.3, 0.4) is 0 Å². The van der Waals surface area contributed by atoms with Crippen molar-refractivity contribution < 1.29 is 9.29 Å². The standard InChI is InChI=1S/C13H24FN/c1-11-4-3-7-15(9-11)10-12-5-2-6-13(14)8-12/h11-13H,2-10H2,1H3/p+1. The summed E-state index contributed by atoms with van der Waals surface area (Å²) in [6.07, 6.45) is 6.35. The van der Waals surface area contributed by atoms with E-state index in [4.69, 9.17) is 0 Å². The third kappa shape index (κ3) is 3.44. The minimum absolute atomic E-state index is 0.495. The van der Waals surface area contributed by atoms with Crippen molar-refractivity contribution in [2.45, 2.75) is 51.6 Å². The van der Waals surface area contributed by atoms with E-state index in [1.165, 1.54) is 38.9 Å². The van der Waals surface area contributed by atoms with Gasteiger partial charge >= 0.3 is 0 Å². The van der Waals surface area contributed by atoms with Gasteiger partial charge in [-0.05, 0) is 32.1 Å². The third-order valence-electron chi connectivity index (χ3n) is 4.16. The van der Waals surface area contributed by atoms with Gasteiger partial charge in [-0.2, -0.15) is 0 Å². The van der Waals surface area contributed by atoms with Gasteiger partial charge < -0.3 is 4.90 Å². The second-order valence-corrected chi connectivity index (χ2v) is 5.79. The zero-order valence-corrected chi connectivity index (χ0v) is 9.97. The van der Waals surface area contributed by atoms with Crippen molar-refractivity contribution in [2.75, 3.05) is 19.6 Å². The molecule has 1 N–H and O–H groups in total. The Labute approximate surface area is 93.0 Å². The summed E-state index contributed by atoms with van der Waals surface area (Å²) >= 11 is 0. The number of piperidine rings is 1. The normalized spacial score (nSPS) is 42.8. The highest BCUT2D eigenvalue weighted by Gasteiger charge is 2.27. The van der Waals surface area contributed by atoms with Crippen molar-refractivity contribution in [1.82, 2.24) is 0 Å². The number of rotatable bonds is 2. The molecule has 1 saturated heterocycles. The Morgan fingerprint density at radius 1 is 1.20 bits per heavy atom. The molecule has 1 saturated carbocycles. The van der Waals surface area contributed by atoms with E-state index in [0.717, 1.165) is 25.2 Å². The van der Waals surface area contributed by atoms with Crippen LogP contribution in [0.4, 0.5) is 4.39 Å². The fourth-order valence-corrected chi connectivity index (χ4v) is 3.40. The van der Waals surface area contributed by atoms with E-state index in [-0.39, 0.29) is 0 Å². The monoisotopic (exact) mass is 214 g/mol. The number of hydrogen-bond acceptors (Lipinski definition) is 0. The summed E-state index contributed by atoms with van der Waals surface area (Å²) in [7, 11) is 0. The van der Waals surface area contributed by atoms with Crippen LogP contribution in [0.15, 0.2) is 0 Å². The quantitative estimate of drug-likeness (QED) is 0.715. The lowest BCUT2D eigenvalue weighted by Crippen LogP contribution is -3.14. The first-order valence-electron chi connectivity index (χ1n) is 6.71. The lowest BCUT2D eigenvalue weighted by molar-refractivity contribution is -0.912. The van der Waals surface area contributed by atoms with Crippen molar-refractivity contribution in [1.29, 1.82) is 0 Å². The predicted octanol–water partition coefficient (Wildman–Crippen LogP) is 1.83. The van der Waals surface area contributed by atoms with Gasteiger partial charge in [0.15, 0.2) is 0 Å². The molecular weight excluding hydrogens is 189 g/mol. The van der Waals surface area contributed by atoms with Crippen molar-refractivity contribution in [3.8, 4) is 0 Å². The number of quaternary nitrogens is 1. The molecule has 1 nitrogen and oxygen atoms in total. The average molecular weight is 214 g/mol. The van der Waals surface area contributed by atoms with E-state index in [0.29, 0.717) is 5.92 Å². The molecule has 1 aliphatic carbocycles. The van der Waals surface area contributed by atoms with Gasteiger partial charge in [-0.25, -0.2) is 4.39 Å². The molecule has 0 bridgehead atoms. The van der Waals surface area contributed by atoms with Gasteiger partial charge in [0.2, 0.25) is 0 Å². The van der Waals surface area contributed by atoms with E-state index in [1.54, 1.807) is 4.90 Å². The highest BCUT2D eigenvalue weighted by molar-refractivity contribution is 4.72. The van der Waals surface area contributed by atoms with E-state index in [1.807, 2.05) is 0 Å². The molecular formula is C13H25FN+. The molecule has 15 heavy (non-hydrogen) atoms. The zero-order chi connectivity index (χ0) is 10.7. The molecule has 1 heterocycles. The zero-order valence-electron chi connectivity index (χ0n) is 9.97. The molecule has 4 atom stereocenters. The van der Waals surface area contributed by atoms with Gasteiger partial charge in [-0.15, -0.1) is 0 Å². The summed E-state index contributed by atoms with van der Waals surface area (Å²) in [5.41, 5.74) is 0. The maximum absolute atomic E-state index is 13.3. The Bertz CT molecular complexity index is 175. The lowest BCUT2D eigenvalue weighted by Gasteiger charge is -2.32. The van der Waals surface area contributed by atoms with E-state index < -0.39 is 6.17 Å².